The van der Waals surface area contributed by atoms with Gasteiger partial charge in [0.1, 0.15) is 34.4 Å². The van der Waals surface area contributed by atoms with Crippen LogP contribution in [0.1, 0.15) is 30.0 Å². The molecule has 0 fully saturated rings. The van der Waals surface area contributed by atoms with Crippen LogP contribution in [0.3, 0.4) is 0 Å². The van der Waals surface area contributed by atoms with Gasteiger partial charge in [0.2, 0.25) is 5.91 Å². The molecular formula is C29H25N7O3S2. The van der Waals surface area contributed by atoms with Crippen LogP contribution in [0.25, 0.3) is 11.1 Å². The molecule has 12 heteroatoms. The van der Waals surface area contributed by atoms with E-state index >= 15 is 0 Å². The number of rotatable bonds is 9. The number of amides is 1. The highest BCUT2D eigenvalue weighted by molar-refractivity contribution is 8.00. The Hall–Kier alpha value is -4.91. The Labute approximate surface area is 242 Å². The minimum absolute atomic E-state index is 0.00197. The first-order chi connectivity index (χ1) is 19.7. The standard InChI is InChI=1S/C29H25N7O3S2/c1-3-24(28(37)34-20-11-13-21(14-12-20)41(38,39)36-25-6-4-5-15-33-25)40-29-23(17-31)26(22(16-30)27(32)35-29)19-9-7-18(2)8-10-19/h4-15,24H,3H2,1-2H3,(H2,32,35)(H,33,36)(H,34,37). The lowest BCUT2D eigenvalue weighted by molar-refractivity contribution is -0.115. The van der Waals surface area contributed by atoms with Crippen molar-refractivity contribution in [2.45, 2.75) is 35.4 Å². The van der Waals surface area contributed by atoms with Crippen LogP contribution in [-0.2, 0) is 14.8 Å². The van der Waals surface area contributed by atoms with Crippen molar-refractivity contribution in [3.05, 3.63) is 89.6 Å². The molecule has 2 aromatic carbocycles. The molecule has 206 valence electrons. The second-order valence-corrected chi connectivity index (χ2v) is 11.7. The number of aromatic nitrogens is 2. The average molecular weight is 584 g/mol. The zero-order valence-electron chi connectivity index (χ0n) is 22.1. The molecule has 41 heavy (non-hydrogen) atoms. The molecule has 0 bridgehead atoms. The van der Waals surface area contributed by atoms with Gasteiger partial charge in [-0.15, -0.1) is 0 Å². The van der Waals surface area contributed by atoms with Gasteiger partial charge in [-0.3, -0.25) is 9.52 Å². The number of carbonyl (C=O) groups is 1. The normalized spacial score (nSPS) is 11.6. The monoisotopic (exact) mass is 583 g/mol. The van der Waals surface area contributed by atoms with E-state index in [1.807, 2.05) is 26.0 Å². The van der Waals surface area contributed by atoms with Gasteiger partial charge in [0.05, 0.1) is 15.7 Å². The lowest BCUT2D eigenvalue weighted by atomic mass is 9.96. The van der Waals surface area contributed by atoms with Crippen molar-refractivity contribution in [2.24, 2.45) is 0 Å². The smallest absolute Gasteiger partial charge is 0.263 e. The topological polar surface area (TPSA) is 175 Å². The molecule has 2 aromatic heterocycles. The van der Waals surface area contributed by atoms with Crippen molar-refractivity contribution in [1.82, 2.24) is 9.97 Å². The number of carbonyl (C=O) groups excluding carboxylic acids is 1. The highest BCUT2D eigenvalue weighted by atomic mass is 32.2. The van der Waals surface area contributed by atoms with Crippen LogP contribution in [-0.4, -0.2) is 29.5 Å². The van der Waals surface area contributed by atoms with E-state index in [9.17, 15) is 23.7 Å². The first kappa shape index (κ1) is 29.1. The molecule has 2 heterocycles. The van der Waals surface area contributed by atoms with Crippen molar-refractivity contribution in [2.75, 3.05) is 15.8 Å². The summed E-state index contributed by atoms with van der Waals surface area (Å²) in [6, 6.07) is 22.1. The third-order valence-electron chi connectivity index (χ3n) is 6.01. The molecule has 0 radical (unpaired) electrons. The fourth-order valence-corrected chi connectivity index (χ4v) is 5.94. The second kappa shape index (κ2) is 12.5. The molecule has 0 aliphatic rings. The van der Waals surface area contributed by atoms with Crippen LogP contribution in [0.15, 0.2) is 82.8 Å². The second-order valence-electron chi connectivity index (χ2n) is 8.87. The maximum absolute atomic E-state index is 13.2. The SMILES string of the molecule is CCC(Sc1nc(N)c(C#N)c(-c2ccc(C)cc2)c1C#N)C(=O)Nc1ccc(S(=O)(=O)Nc2ccccn2)cc1. The quantitative estimate of drug-likeness (QED) is 0.227. The molecule has 4 N–H and O–H groups in total. The number of pyridine rings is 2. The molecule has 10 nitrogen and oxygen atoms in total. The van der Waals surface area contributed by atoms with E-state index in [1.54, 1.807) is 24.3 Å². The summed E-state index contributed by atoms with van der Waals surface area (Å²) < 4.78 is 27.7. The number of nitrogen functional groups attached to an aromatic ring is 1. The number of hydrogen-bond acceptors (Lipinski definition) is 9. The summed E-state index contributed by atoms with van der Waals surface area (Å²) in [5, 5.41) is 22.2. The van der Waals surface area contributed by atoms with Gasteiger partial charge >= 0.3 is 0 Å². The molecule has 1 amide bonds. The number of aryl methyl sites for hydroxylation is 1. The maximum atomic E-state index is 13.2. The van der Waals surface area contributed by atoms with Gasteiger partial charge < -0.3 is 11.1 Å². The summed E-state index contributed by atoms with van der Waals surface area (Å²) in [6.07, 6.45) is 1.87. The molecule has 0 aliphatic heterocycles. The van der Waals surface area contributed by atoms with Crippen LogP contribution in [0.2, 0.25) is 0 Å². The third-order valence-corrected chi connectivity index (χ3v) is 8.73. The molecule has 0 saturated carbocycles. The molecule has 1 atom stereocenters. The van der Waals surface area contributed by atoms with Gasteiger partial charge in [-0.1, -0.05) is 54.6 Å². The van der Waals surface area contributed by atoms with Crippen molar-refractivity contribution >= 4 is 45.0 Å². The van der Waals surface area contributed by atoms with Gasteiger partial charge in [-0.25, -0.2) is 18.4 Å². The Balaban J connectivity index is 1.56. The Morgan fingerprint density at radius 2 is 1.71 bits per heavy atom. The number of thioether (sulfide) groups is 1. The van der Waals surface area contributed by atoms with Gasteiger partial charge in [0.25, 0.3) is 10.0 Å². The maximum Gasteiger partial charge on any atom is 0.263 e. The molecule has 1 unspecified atom stereocenters. The van der Waals surface area contributed by atoms with E-state index in [2.05, 4.69) is 32.1 Å². The number of nitrogens with two attached hydrogens (primary N) is 1. The first-order valence-corrected chi connectivity index (χ1v) is 14.7. The summed E-state index contributed by atoms with van der Waals surface area (Å²) in [7, 11) is -3.87. The summed E-state index contributed by atoms with van der Waals surface area (Å²) in [6.45, 7) is 3.74. The molecule has 0 spiro atoms. The predicted molar refractivity (Wildman–Crippen MR) is 158 cm³/mol. The Morgan fingerprint density at radius 3 is 2.29 bits per heavy atom. The number of hydrogen-bond donors (Lipinski definition) is 3. The molecular weight excluding hydrogens is 558 g/mol. The van der Waals surface area contributed by atoms with Crippen LogP contribution in [0.5, 0.6) is 0 Å². The van der Waals surface area contributed by atoms with Gasteiger partial charge in [-0.05, 0) is 55.3 Å². The largest absolute Gasteiger partial charge is 0.383 e. The average Bonchev–Trinajstić information content (AvgIpc) is 2.96. The Morgan fingerprint density at radius 1 is 1.02 bits per heavy atom. The number of nitrogens with one attached hydrogen (secondary N) is 2. The van der Waals surface area contributed by atoms with Gasteiger partial charge in [0.15, 0.2) is 0 Å². The summed E-state index contributed by atoms with van der Waals surface area (Å²) >= 11 is 1.07. The predicted octanol–water partition coefficient (Wildman–Crippen LogP) is 5.09. The van der Waals surface area contributed by atoms with E-state index in [0.29, 0.717) is 23.2 Å². The lowest BCUT2D eigenvalue weighted by Gasteiger charge is -2.18. The number of anilines is 3. The van der Waals surface area contributed by atoms with E-state index in [1.165, 1.54) is 36.5 Å². The summed E-state index contributed by atoms with van der Waals surface area (Å²) in [5.41, 5.74) is 8.80. The van der Waals surface area contributed by atoms with Crippen LogP contribution < -0.4 is 15.8 Å². The molecule has 4 rings (SSSR count). The van der Waals surface area contributed by atoms with Gasteiger partial charge in [-0.2, -0.15) is 10.5 Å². The number of nitrogens with zero attached hydrogens (tertiary/aromatic N) is 4. The van der Waals surface area contributed by atoms with Crippen molar-refractivity contribution in [1.29, 1.82) is 10.5 Å². The number of nitriles is 2. The Bertz CT molecular complexity index is 1760. The Kier molecular flexibility index (Phi) is 8.87. The number of sulfonamides is 1. The lowest BCUT2D eigenvalue weighted by Crippen LogP contribution is -2.25. The molecule has 0 aliphatic carbocycles. The highest BCUT2D eigenvalue weighted by Crippen LogP contribution is 2.37. The molecule has 4 aromatic rings. The van der Waals surface area contributed by atoms with E-state index in [-0.39, 0.29) is 38.6 Å². The first-order valence-electron chi connectivity index (χ1n) is 12.4. The van der Waals surface area contributed by atoms with E-state index in [0.717, 1.165) is 17.3 Å². The van der Waals surface area contributed by atoms with Gasteiger partial charge in [0, 0.05) is 17.4 Å². The third kappa shape index (κ3) is 6.64. The minimum atomic E-state index is -3.87. The highest BCUT2D eigenvalue weighted by Gasteiger charge is 2.26. The molecule has 0 saturated heterocycles. The summed E-state index contributed by atoms with van der Waals surface area (Å²) in [4.78, 5) is 21.5. The van der Waals surface area contributed by atoms with E-state index < -0.39 is 15.3 Å². The minimum Gasteiger partial charge on any atom is -0.383 e. The number of benzene rings is 2. The zero-order valence-corrected chi connectivity index (χ0v) is 23.8. The fourth-order valence-electron chi connectivity index (χ4n) is 3.91. The van der Waals surface area contributed by atoms with Crippen molar-refractivity contribution < 1.29 is 13.2 Å². The van der Waals surface area contributed by atoms with Crippen molar-refractivity contribution in [3.63, 3.8) is 0 Å². The summed E-state index contributed by atoms with van der Waals surface area (Å²) in [5.74, 6) is -0.215. The van der Waals surface area contributed by atoms with Crippen LogP contribution in [0.4, 0.5) is 17.3 Å². The van der Waals surface area contributed by atoms with Crippen LogP contribution >= 0.6 is 11.8 Å². The zero-order chi connectivity index (χ0) is 29.6. The fraction of sp³-hybridized carbons (Fsp3) is 0.138. The van der Waals surface area contributed by atoms with Crippen molar-refractivity contribution in [3.8, 4) is 23.3 Å². The van der Waals surface area contributed by atoms with Crippen LogP contribution in [0, 0.1) is 29.6 Å². The van der Waals surface area contributed by atoms with E-state index in [4.69, 9.17) is 5.73 Å².